The van der Waals surface area contributed by atoms with Crippen LogP contribution in [0.1, 0.15) is 43.1 Å². The molecule has 6 nitrogen and oxygen atoms in total. The molecule has 0 saturated carbocycles. The summed E-state index contributed by atoms with van der Waals surface area (Å²) >= 11 is 0. The first-order valence-corrected chi connectivity index (χ1v) is 10.9. The minimum absolute atomic E-state index is 0.0333. The van der Waals surface area contributed by atoms with E-state index >= 15 is 0 Å². The Kier molecular flexibility index (Phi) is 7.32. The molecule has 29 heavy (non-hydrogen) atoms. The van der Waals surface area contributed by atoms with Crippen LogP contribution in [0.5, 0.6) is 0 Å². The molecule has 2 aromatic rings. The molecule has 3 N–H and O–H groups in total. The number of carboxylic acids is 1. The number of hydrogen-bond acceptors (Lipinski definition) is 4. The third-order valence-corrected chi connectivity index (χ3v) is 5.48. The number of rotatable bonds is 6. The van der Waals surface area contributed by atoms with Crippen LogP contribution in [0, 0.1) is 24.3 Å². The van der Waals surface area contributed by atoms with Gasteiger partial charge in [-0.1, -0.05) is 31.9 Å². The topological polar surface area (TPSA) is 108 Å². The summed E-state index contributed by atoms with van der Waals surface area (Å²) < 4.78 is 25.7. The SMILES string of the molecule is Cc1cc(-c2ccc(F)cc2)c(C#CP(=O)(O)CC(O)CC(=O)O)c(C(C)C)n1. The van der Waals surface area contributed by atoms with E-state index in [0.717, 1.165) is 5.69 Å². The van der Waals surface area contributed by atoms with Gasteiger partial charge in [0.15, 0.2) is 0 Å². The van der Waals surface area contributed by atoms with Gasteiger partial charge in [-0.3, -0.25) is 14.3 Å². The standard InChI is InChI=1S/C21H23FNO5P/c1-13(2)21-18(8-9-29(27,28)12-17(24)11-20(25)26)19(10-14(3)23-21)15-4-6-16(22)7-5-15/h4-7,10,13,17,24H,11-12H2,1-3H3,(H,25,26)(H,27,28). The van der Waals surface area contributed by atoms with Gasteiger partial charge in [0.2, 0.25) is 0 Å². The number of carboxylic acid groups (broad SMARTS) is 1. The van der Waals surface area contributed by atoms with Gasteiger partial charge in [0.25, 0.3) is 7.37 Å². The molecule has 0 fully saturated rings. The van der Waals surface area contributed by atoms with Gasteiger partial charge < -0.3 is 15.1 Å². The Bertz CT molecular complexity index is 1010. The van der Waals surface area contributed by atoms with E-state index in [2.05, 4.69) is 16.6 Å². The fraction of sp³-hybridized carbons (Fsp3) is 0.333. The van der Waals surface area contributed by atoms with E-state index in [1.807, 2.05) is 20.8 Å². The number of aromatic nitrogens is 1. The highest BCUT2D eigenvalue weighted by Crippen LogP contribution is 2.40. The molecule has 2 rings (SSSR count). The van der Waals surface area contributed by atoms with Crippen molar-refractivity contribution in [1.29, 1.82) is 0 Å². The molecular formula is C21H23FNO5P. The van der Waals surface area contributed by atoms with E-state index in [0.29, 0.717) is 22.4 Å². The quantitative estimate of drug-likeness (QED) is 0.486. The molecule has 0 aliphatic heterocycles. The van der Waals surface area contributed by atoms with Crippen LogP contribution in [0.25, 0.3) is 11.1 Å². The van der Waals surface area contributed by atoms with Crippen LogP contribution < -0.4 is 0 Å². The zero-order chi connectivity index (χ0) is 21.8. The van der Waals surface area contributed by atoms with Crippen molar-refractivity contribution in [3.8, 4) is 22.7 Å². The van der Waals surface area contributed by atoms with Gasteiger partial charge in [-0.15, -0.1) is 0 Å². The Labute approximate surface area is 168 Å². The second-order valence-electron chi connectivity index (χ2n) is 7.11. The molecule has 0 spiro atoms. The van der Waals surface area contributed by atoms with Crippen molar-refractivity contribution in [2.75, 3.05) is 6.16 Å². The third kappa shape index (κ3) is 6.50. The van der Waals surface area contributed by atoms with Gasteiger partial charge in [0, 0.05) is 11.3 Å². The highest BCUT2D eigenvalue weighted by molar-refractivity contribution is 7.63. The molecule has 1 aromatic heterocycles. The van der Waals surface area contributed by atoms with Crippen molar-refractivity contribution < 1.29 is 28.9 Å². The first-order valence-electron chi connectivity index (χ1n) is 9.01. The second-order valence-corrected chi connectivity index (χ2v) is 9.10. The molecule has 0 aliphatic rings. The highest BCUT2D eigenvalue weighted by atomic mass is 31.2. The van der Waals surface area contributed by atoms with Crippen molar-refractivity contribution in [3.05, 3.63) is 53.1 Å². The van der Waals surface area contributed by atoms with Crippen molar-refractivity contribution in [1.82, 2.24) is 4.98 Å². The number of nitrogens with zero attached hydrogens (tertiary/aromatic N) is 1. The lowest BCUT2D eigenvalue weighted by molar-refractivity contribution is -0.138. The summed E-state index contributed by atoms with van der Waals surface area (Å²) in [5, 5.41) is 18.4. The zero-order valence-electron chi connectivity index (χ0n) is 16.4. The molecule has 0 radical (unpaired) electrons. The number of benzene rings is 1. The Morgan fingerprint density at radius 3 is 2.45 bits per heavy atom. The molecule has 0 aliphatic carbocycles. The number of aliphatic hydroxyl groups excluding tert-OH is 1. The molecule has 1 heterocycles. The fourth-order valence-corrected chi connectivity index (χ4v) is 3.92. The first kappa shape index (κ1) is 22.8. The Balaban J connectivity index is 2.54. The molecule has 1 aromatic carbocycles. The van der Waals surface area contributed by atoms with Crippen molar-refractivity contribution in [3.63, 3.8) is 0 Å². The van der Waals surface area contributed by atoms with Crippen LogP contribution in [0.4, 0.5) is 4.39 Å². The van der Waals surface area contributed by atoms with Crippen LogP contribution in [-0.2, 0) is 9.36 Å². The maximum Gasteiger partial charge on any atom is 0.305 e. The maximum atomic E-state index is 13.3. The summed E-state index contributed by atoms with van der Waals surface area (Å²) in [4.78, 5) is 25.3. The number of halogens is 1. The summed E-state index contributed by atoms with van der Waals surface area (Å²) in [6, 6.07) is 7.58. The smallest absolute Gasteiger partial charge is 0.305 e. The van der Waals surface area contributed by atoms with Crippen LogP contribution >= 0.6 is 7.37 Å². The van der Waals surface area contributed by atoms with Gasteiger partial charge in [-0.25, -0.2) is 4.39 Å². The molecule has 0 amide bonds. The van der Waals surface area contributed by atoms with E-state index in [1.54, 1.807) is 18.2 Å². The third-order valence-electron chi connectivity index (χ3n) is 4.10. The number of pyridine rings is 1. The minimum Gasteiger partial charge on any atom is -0.481 e. The van der Waals surface area contributed by atoms with E-state index in [-0.39, 0.29) is 11.7 Å². The van der Waals surface area contributed by atoms with E-state index in [4.69, 9.17) is 5.11 Å². The van der Waals surface area contributed by atoms with E-state index < -0.39 is 32.0 Å². The summed E-state index contributed by atoms with van der Waals surface area (Å²) in [5.74, 6) is 1.04. The molecule has 2 unspecified atom stereocenters. The number of aryl methyl sites for hydroxylation is 1. The summed E-state index contributed by atoms with van der Waals surface area (Å²) in [5.41, 5.74) is 5.44. The van der Waals surface area contributed by atoms with Crippen molar-refractivity contribution in [2.45, 2.75) is 39.2 Å². The Morgan fingerprint density at radius 2 is 1.90 bits per heavy atom. The van der Waals surface area contributed by atoms with Crippen LogP contribution in [-0.4, -0.2) is 38.3 Å². The predicted octanol–water partition coefficient (Wildman–Crippen LogP) is 3.73. The van der Waals surface area contributed by atoms with Crippen LogP contribution in [0.2, 0.25) is 0 Å². The molecule has 0 bridgehead atoms. The largest absolute Gasteiger partial charge is 0.481 e. The number of aliphatic hydroxyl groups is 1. The van der Waals surface area contributed by atoms with Gasteiger partial charge >= 0.3 is 5.97 Å². The maximum absolute atomic E-state index is 13.3. The molecular weight excluding hydrogens is 396 g/mol. The summed E-state index contributed by atoms with van der Waals surface area (Å²) in [7, 11) is -4.11. The number of hydrogen-bond donors (Lipinski definition) is 3. The lowest BCUT2D eigenvalue weighted by Crippen LogP contribution is -2.17. The van der Waals surface area contributed by atoms with E-state index in [1.165, 1.54) is 12.1 Å². The van der Waals surface area contributed by atoms with Crippen LogP contribution in [0.15, 0.2) is 30.3 Å². The molecule has 0 saturated heterocycles. The number of carbonyl (C=O) groups is 1. The molecule has 154 valence electrons. The first-order chi connectivity index (χ1) is 13.5. The van der Waals surface area contributed by atoms with Crippen LogP contribution in [0.3, 0.4) is 0 Å². The van der Waals surface area contributed by atoms with Gasteiger partial charge in [-0.05, 0) is 42.3 Å². The Morgan fingerprint density at radius 1 is 1.28 bits per heavy atom. The average molecular weight is 419 g/mol. The lowest BCUT2D eigenvalue weighted by Gasteiger charge is -2.15. The summed E-state index contributed by atoms with van der Waals surface area (Å²) in [6.45, 7) is 5.64. The fourth-order valence-electron chi connectivity index (χ4n) is 2.84. The molecule has 2 atom stereocenters. The monoisotopic (exact) mass is 419 g/mol. The highest BCUT2D eigenvalue weighted by Gasteiger charge is 2.23. The zero-order valence-corrected chi connectivity index (χ0v) is 17.3. The summed E-state index contributed by atoms with van der Waals surface area (Å²) in [6.07, 6.45) is -2.76. The van der Waals surface area contributed by atoms with Gasteiger partial charge in [-0.2, -0.15) is 0 Å². The van der Waals surface area contributed by atoms with E-state index in [9.17, 15) is 23.7 Å². The van der Waals surface area contributed by atoms with Crippen molar-refractivity contribution in [2.24, 2.45) is 0 Å². The molecule has 8 heteroatoms. The predicted molar refractivity (Wildman–Crippen MR) is 108 cm³/mol. The normalized spacial score (nSPS) is 14.0. The Hall–Kier alpha value is -2.52. The second kappa shape index (κ2) is 9.32. The average Bonchev–Trinajstić information content (AvgIpc) is 2.59. The minimum atomic E-state index is -4.11. The van der Waals surface area contributed by atoms with Gasteiger partial charge in [0.1, 0.15) is 5.82 Å². The lowest BCUT2D eigenvalue weighted by atomic mass is 9.94. The van der Waals surface area contributed by atoms with Gasteiger partial charge in [0.05, 0.1) is 29.9 Å². The van der Waals surface area contributed by atoms with Crippen molar-refractivity contribution >= 4 is 13.3 Å². The number of aliphatic carboxylic acids is 1.